The molecule has 0 saturated heterocycles. The summed E-state index contributed by atoms with van der Waals surface area (Å²) in [7, 11) is 1.69. The first-order valence-electron chi connectivity index (χ1n) is 7.37. The Kier molecular flexibility index (Phi) is 7.23. The molecule has 118 valence electrons. The smallest absolute Gasteiger partial charge is 0.213 e. The second-order valence-corrected chi connectivity index (χ2v) is 5.48. The van der Waals surface area contributed by atoms with Gasteiger partial charge in [0.25, 0.3) is 0 Å². The Morgan fingerprint density at radius 1 is 1.29 bits per heavy atom. The minimum atomic E-state index is 0.483. The third-order valence-electron chi connectivity index (χ3n) is 3.18. The molecule has 1 saturated carbocycles. The lowest BCUT2D eigenvalue weighted by Gasteiger charge is -2.09. The van der Waals surface area contributed by atoms with Crippen LogP contribution in [0, 0.1) is 0 Å². The second-order valence-electron chi connectivity index (χ2n) is 5.08. The van der Waals surface area contributed by atoms with Crippen LogP contribution in [0.3, 0.4) is 0 Å². The van der Waals surface area contributed by atoms with Crippen molar-refractivity contribution in [2.45, 2.75) is 31.8 Å². The highest BCUT2D eigenvalue weighted by Gasteiger charge is 2.20. The number of rotatable bonds is 11. The molecule has 0 atom stereocenters. The van der Waals surface area contributed by atoms with E-state index in [0.29, 0.717) is 36.8 Å². The van der Waals surface area contributed by atoms with Crippen molar-refractivity contribution in [2.24, 2.45) is 0 Å². The molecule has 1 aromatic heterocycles. The number of halogens is 1. The van der Waals surface area contributed by atoms with Gasteiger partial charge < -0.3 is 19.5 Å². The van der Waals surface area contributed by atoms with Crippen molar-refractivity contribution in [3.63, 3.8) is 0 Å². The van der Waals surface area contributed by atoms with E-state index in [1.807, 2.05) is 6.07 Å². The first-order chi connectivity index (χ1) is 10.3. The van der Waals surface area contributed by atoms with Crippen LogP contribution in [0.2, 0.25) is 5.02 Å². The molecule has 0 bridgehead atoms. The molecule has 1 aromatic rings. The quantitative estimate of drug-likeness (QED) is 0.636. The van der Waals surface area contributed by atoms with Gasteiger partial charge in [0, 0.05) is 45.2 Å². The summed E-state index contributed by atoms with van der Waals surface area (Å²) in [6, 6.07) is 2.54. The van der Waals surface area contributed by atoms with E-state index in [1.54, 1.807) is 13.3 Å². The van der Waals surface area contributed by atoms with E-state index >= 15 is 0 Å². The molecule has 0 radical (unpaired) electrons. The minimum Gasteiger partial charge on any atom is -0.475 e. The molecule has 0 spiro atoms. The topological polar surface area (TPSA) is 52.6 Å². The molecule has 0 amide bonds. The number of pyridine rings is 1. The molecule has 1 heterocycles. The maximum absolute atomic E-state index is 6.14. The fraction of sp³-hybridized carbons (Fsp3) is 0.667. The summed E-state index contributed by atoms with van der Waals surface area (Å²) in [4.78, 5) is 4.17. The van der Waals surface area contributed by atoms with Crippen molar-refractivity contribution in [1.29, 1.82) is 0 Å². The number of ether oxygens (including phenoxy) is 3. The van der Waals surface area contributed by atoms with Crippen LogP contribution >= 0.6 is 11.6 Å². The number of hydrogen-bond donors (Lipinski definition) is 1. The summed E-state index contributed by atoms with van der Waals surface area (Å²) >= 11 is 6.14. The molecule has 1 aliphatic rings. The van der Waals surface area contributed by atoms with E-state index in [-0.39, 0.29) is 0 Å². The van der Waals surface area contributed by atoms with E-state index in [9.17, 15) is 0 Å². The predicted octanol–water partition coefficient (Wildman–Crippen LogP) is 2.42. The zero-order valence-corrected chi connectivity index (χ0v) is 13.2. The maximum atomic E-state index is 6.14. The average molecular weight is 315 g/mol. The standard InChI is InChI=1S/C15H23ClN2O3/c1-19-5-2-6-20-7-8-21-15-9-12(14(16)11-18-15)10-17-13-3-4-13/h9,11,13,17H,2-8,10H2,1H3. The summed E-state index contributed by atoms with van der Waals surface area (Å²) in [5.74, 6) is 0.590. The van der Waals surface area contributed by atoms with Crippen LogP contribution in [-0.2, 0) is 16.0 Å². The number of methoxy groups -OCH3 is 1. The molecule has 0 aromatic carbocycles. The normalized spacial score (nSPS) is 14.4. The Balaban J connectivity index is 1.66. The molecule has 6 heteroatoms. The summed E-state index contributed by atoms with van der Waals surface area (Å²) in [6.07, 6.45) is 5.05. The summed E-state index contributed by atoms with van der Waals surface area (Å²) < 4.78 is 16.0. The molecule has 21 heavy (non-hydrogen) atoms. The Hall–Kier alpha value is -0.880. The average Bonchev–Trinajstić information content (AvgIpc) is 3.31. The van der Waals surface area contributed by atoms with Crippen LogP contribution in [0.1, 0.15) is 24.8 Å². The van der Waals surface area contributed by atoms with Gasteiger partial charge in [-0.2, -0.15) is 0 Å². The van der Waals surface area contributed by atoms with Gasteiger partial charge in [-0.3, -0.25) is 0 Å². The monoisotopic (exact) mass is 314 g/mol. The van der Waals surface area contributed by atoms with Gasteiger partial charge in [0.15, 0.2) is 0 Å². The number of aromatic nitrogens is 1. The second kappa shape index (κ2) is 9.20. The Labute approximate surface area is 130 Å². The molecule has 1 fully saturated rings. The van der Waals surface area contributed by atoms with Gasteiger partial charge in [0.1, 0.15) is 6.61 Å². The van der Waals surface area contributed by atoms with Gasteiger partial charge in [-0.15, -0.1) is 0 Å². The first kappa shape index (κ1) is 16.5. The van der Waals surface area contributed by atoms with Crippen LogP contribution in [0.15, 0.2) is 12.3 Å². The van der Waals surface area contributed by atoms with Gasteiger partial charge in [-0.25, -0.2) is 4.98 Å². The highest BCUT2D eigenvalue weighted by atomic mass is 35.5. The van der Waals surface area contributed by atoms with Gasteiger partial charge in [-0.1, -0.05) is 11.6 Å². The Bertz CT molecular complexity index is 427. The van der Waals surface area contributed by atoms with Gasteiger partial charge in [0.05, 0.1) is 11.6 Å². The molecule has 2 rings (SSSR count). The Morgan fingerprint density at radius 3 is 2.90 bits per heavy atom. The van der Waals surface area contributed by atoms with E-state index in [4.69, 9.17) is 25.8 Å². The van der Waals surface area contributed by atoms with Crippen molar-refractivity contribution < 1.29 is 14.2 Å². The molecule has 0 unspecified atom stereocenters. The molecule has 0 aliphatic heterocycles. The largest absolute Gasteiger partial charge is 0.475 e. The van der Waals surface area contributed by atoms with E-state index < -0.39 is 0 Å². The fourth-order valence-electron chi connectivity index (χ4n) is 1.83. The van der Waals surface area contributed by atoms with Crippen LogP contribution in [0.4, 0.5) is 0 Å². The highest BCUT2D eigenvalue weighted by molar-refractivity contribution is 6.31. The van der Waals surface area contributed by atoms with E-state index in [2.05, 4.69) is 10.3 Å². The summed E-state index contributed by atoms with van der Waals surface area (Å²) in [5.41, 5.74) is 1.02. The number of hydrogen-bond acceptors (Lipinski definition) is 5. The van der Waals surface area contributed by atoms with Crippen LogP contribution in [0.25, 0.3) is 0 Å². The third kappa shape index (κ3) is 6.61. The predicted molar refractivity (Wildman–Crippen MR) is 81.9 cm³/mol. The van der Waals surface area contributed by atoms with Gasteiger partial charge in [0.2, 0.25) is 5.88 Å². The number of nitrogens with zero attached hydrogens (tertiary/aromatic N) is 1. The third-order valence-corrected chi connectivity index (χ3v) is 3.52. The van der Waals surface area contributed by atoms with Crippen LogP contribution in [0.5, 0.6) is 5.88 Å². The molecule has 1 N–H and O–H groups in total. The van der Waals surface area contributed by atoms with Crippen LogP contribution in [-0.4, -0.2) is 44.6 Å². The van der Waals surface area contributed by atoms with Crippen LogP contribution < -0.4 is 10.1 Å². The van der Waals surface area contributed by atoms with E-state index in [1.165, 1.54) is 12.8 Å². The van der Waals surface area contributed by atoms with Crippen molar-refractivity contribution >= 4 is 11.6 Å². The fourth-order valence-corrected chi connectivity index (χ4v) is 2.00. The van der Waals surface area contributed by atoms with Crippen molar-refractivity contribution in [3.05, 3.63) is 22.8 Å². The van der Waals surface area contributed by atoms with Crippen molar-refractivity contribution in [2.75, 3.05) is 33.5 Å². The lowest BCUT2D eigenvalue weighted by atomic mass is 10.2. The first-order valence-corrected chi connectivity index (χ1v) is 7.74. The molecule has 5 nitrogen and oxygen atoms in total. The SMILES string of the molecule is COCCCOCCOc1cc(CNC2CC2)c(Cl)cn1. The Morgan fingerprint density at radius 2 is 2.14 bits per heavy atom. The lowest BCUT2D eigenvalue weighted by molar-refractivity contribution is 0.0795. The summed E-state index contributed by atoms with van der Waals surface area (Å²) in [6.45, 7) is 3.19. The van der Waals surface area contributed by atoms with Crippen molar-refractivity contribution in [1.82, 2.24) is 10.3 Å². The number of nitrogens with one attached hydrogen (secondary N) is 1. The summed E-state index contributed by atoms with van der Waals surface area (Å²) in [5, 5.41) is 4.11. The zero-order valence-electron chi connectivity index (χ0n) is 12.4. The minimum absolute atomic E-state index is 0.483. The van der Waals surface area contributed by atoms with Gasteiger partial charge >= 0.3 is 0 Å². The zero-order chi connectivity index (χ0) is 14.9. The molecular weight excluding hydrogens is 292 g/mol. The lowest BCUT2D eigenvalue weighted by Crippen LogP contribution is -2.16. The van der Waals surface area contributed by atoms with E-state index in [0.717, 1.165) is 25.1 Å². The van der Waals surface area contributed by atoms with Crippen molar-refractivity contribution in [3.8, 4) is 5.88 Å². The maximum Gasteiger partial charge on any atom is 0.213 e. The molecule has 1 aliphatic carbocycles. The van der Waals surface area contributed by atoms with Gasteiger partial charge in [-0.05, 0) is 24.8 Å². The highest BCUT2D eigenvalue weighted by Crippen LogP contribution is 2.23. The molecular formula is C15H23ClN2O3.